The third kappa shape index (κ3) is 3.67. The van der Waals surface area contributed by atoms with Crippen LogP contribution in [0.3, 0.4) is 0 Å². The summed E-state index contributed by atoms with van der Waals surface area (Å²) >= 11 is 0. The number of carbonyl (C=O) groups is 1. The van der Waals surface area contributed by atoms with E-state index >= 15 is 0 Å². The van der Waals surface area contributed by atoms with Crippen molar-refractivity contribution in [2.45, 2.75) is 51.4 Å². The number of nitro groups is 1. The van der Waals surface area contributed by atoms with Crippen molar-refractivity contribution in [3.8, 4) is 11.3 Å². The molecule has 2 aliphatic heterocycles. The number of esters is 1. The minimum absolute atomic E-state index is 0.00822. The van der Waals surface area contributed by atoms with E-state index in [1.807, 2.05) is 20.8 Å². The first kappa shape index (κ1) is 21.3. The minimum atomic E-state index is -0.557. The Balaban J connectivity index is 1.55. The van der Waals surface area contributed by atoms with Gasteiger partial charge in [-0.3, -0.25) is 19.8 Å². The number of nitrogens with zero attached hydrogens (tertiary/aromatic N) is 6. The molecule has 2 aliphatic rings. The van der Waals surface area contributed by atoms with E-state index in [-0.39, 0.29) is 29.7 Å². The van der Waals surface area contributed by atoms with Crippen LogP contribution < -0.4 is 5.73 Å². The van der Waals surface area contributed by atoms with Gasteiger partial charge in [0.2, 0.25) is 0 Å². The van der Waals surface area contributed by atoms with Crippen molar-refractivity contribution in [3.63, 3.8) is 0 Å². The van der Waals surface area contributed by atoms with E-state index in [2.05, 4.69) is 14.9 Å². The van der Waals surface area contributed by atoms with E-state index in [0.29, 0.717) is 28.2 Å². The molecule has 2 fully saturated rings. The second-order valence-corrected chi connectivity index (χ2v) is 9.62. The molecule has 2 aromatic heterocycles. The van der Waals surface area contributed by atoms with Crippen LogP contribution in [0.4, 0.5) is 11.5 Å². The van der Waals surface area contributed by atoms with E-state index in [1.54, 1.807) is 16.8 Å². The molecule has 11 nitrogen and oxygen atoms in total. The molecular formula is C22H25N7O4. The smallest absolute Gasteiger partial charge is 0.323 e. The zero-order valence-electron chi connectivity index (χ0n) is 18.6. The second-order valence-electron chi connectivity index (χ2n) is 9.62. The summed E-state index contributed by atoms with van der Waals surface area (Å²) < 4.78 is 7.47. The highest BCUT2D eigenvalue weighted by Crippen LogP contribution is 2.45. The molecule has 2 saturated heterocycles. The highest BCUT2D eigenvalue weighted by molar-refractivity contribution is 5.98. The summed E-state index contributed by atoms with van der Waals surface area (Å²) in [5.41, 5.74) is 7.43. The number of nitrogens with two attached hydrogens (primary N) is 1. The number of fused-ring (bicyclic) bond motifs is 3. The van der Waals surface area contributed by atoms with Gasteiger partial charge in [-0.05, 0) is 51.7 Å². The van der Waals surface area contributed by atoms with Crippen LogP contribution in [0.15, 0.2) is 30.6 Å². The van der Waals surface area contributed by atoms with Gasteiger partial charge in [0, 0.05) is 24.2 Å². The molecule has 172 valence electrons. The van der Waals surface area contributed by atoms with Crippen molar-refractivity contribution in [1.82, 2.24) is 24.6 Å². The van der Waals surface area contributed by atoms with Crippen LogP contribution in [0.25, 0.3) is 22.3 Å². The Morgan fingerprint density at radius 3 is 2.58 bits per heavy atom. The van der Waals surface area contributed by atoms with Crippen molar-refractivity contribution in [2.24, 2.45) is 5.92 Å². The maximum absolute atomic E-state index is 12.9. The van der Waals surface area contributed by atoms with Gasteiger partial charge in [0.1, 0.15) is 35.6 Å². The van der Waals surface area contributed by atoms with Gasteiger partial charge in [-0.1, -0.05) is 0 Å². The zero-order chi connectivity index (χ0) is 23.5. The lowest BCUT2D eigenvalue weighted by Crippen LogP contribution is -2.44. The van der Waals surface area contributed by atoms with Crippen molar-refractivity contribution in [3.05, 3.63) is 40.7 Å². The van der Waals surface area contributed by atoms with Crippen molar-refractivity contribution in [2.75, 3.05) is 12.3 Å². The van der Waals surface area contributed by atoms with E-state index in [4.69, 9.17) is 15.6 Å². The molecule has 11 heteroatoms. The highest BCUT2D eigenvalue weighted by atomic mass is 16.6. The average Bonchev–Trinajstić information content (AvgIpc) is 3.45. The van der Waals surface area contributed by atoms with E-state index in [0.717, 1.165) is 19.4 Å². The lowest BCUT2D eigenvalue weighted by molar-refractivity contribution is -0.384. The fourth-order valence-electron chi connectivity index (χ4n) is 4.87. The Kier molecular flexibility index (Phi) is 4.82. The summed E-state index contributed by atoms with van der Waals surface area (Å²) in [4.78, 5) is 34.2. The number of rotatable bonds is 4. The molecule has 33 heavy (non-hydrogen) atoms. The molecule has 3 aromatic rings. The number of nitrogen functional groups attached to an aromatic ring is 1. The van der Waals surface area contributed by atoms with Gasteiger partial charge < -0.3 is 10.5 Å². The van der Waals surface area contributed by atoms with Crippen molar-refractivity contribution < 1.29 is 14.5 Å². The molecule has 2 bridgehead atoms. The Hall–Kier alpha value is -3.60. The molecule has 0 spiro atoms. The normalized spacial score (nSPS) is 24.3. The van der Waals surface area contributed by atoms with Gasteiger partial charge in [-0.15, -0.1) is 0 Å². The molecule has 5 rings (SSSR count). The molecule has 0 aliphatic carbocycles. The number of benzene rings is 1. The lowest BCUT2D eigenvalue weighted by Gasteiger charge is -2.33. The van der Waals surface area contributed by atoms with Crippen LogP contribution in [0, 0.1) is 16.0 Å². The summed E-state index contributed by atoms with van der Waals surface area (Å²) in [6, 6.07) is 5.80. The first-order valence-corrected chi connectivity index (χ1v) is 10.8. The van der Waals surface area contributed by atoms with Crippen LogP contribution in [0.5, 0.6) is 0 Å². The monoisotopic (exact) mass is 451 g/mol. The van der Waals surface area contributed by atoms with Gasteiger partial charge >= 0.3 is 5.97 Å². The first-order valence-electron chi connectivity index (χ1n) is 10.8. The number of nitro benzene ring substituents is 1. The molecule has 4 unspecified atom stereocenters. The second kappa shape index (κ2) is 7.48. The van der Waals surface area contributed by atoms with Gasteiger partial charge in [-0.25, -0.2) is 14.6 Å². The summed E-state index contributed by atoms with van der Waals surface area (Å²) in [5, 5.41) is 16.5. The summed E-state index contributed by atoms with van der Waals surface area (Å²) in [6.07, 6.45) is 2.81. The van der Waals surface area contributed by atoms with Gasteiger partial charge in [0.25, 0.3) is 5.69 Å². The predicted molar refractivity (Wildman–Crippen MR) is 120 cm³/mol. The maximum Gasteiger partial charge on any atom is 0.323 e. The third-order valence-electron chi connectivity index (χ3n) is 6.18. The fraction of sp³-hybridized carbons (Fsp3) is 0.455. The standard InChI is InChI=1S/C22H25N7O4/c1-22(2,3)33-21(30)15-8-12-9-16(27(15)10-12)28-20-17(19(23)24-11-25-20)18(26-28)13-4-6-14(7-5-13)29(31)32/h4-7,11-12,15-16H,8-10H2,1-3H3,(H2,23,24,25). The quantitative estimate of drug-likeness (QED) is 0.360. The highest BCUT2D eigenvalue weighted by Gasteiger charge is 2.50. The van der Waals surface area contributed by atoms with Crippen LogP contribution in [0.1, 0.15) is 39.8 Å². The van der Waals surface area contributed by atoms with Gasteiger partial charge in [-0.2, -0.15) is 5.10 Å². The molecule has 4 atom stereocenters. The number of hydrogen-bond acceptors (Lipinski definition) is 9. The van der Waals surface area contributed by atoms with E-state index in [1.165, 1.54) is 18.5 Å². The van der Waals surface area contributed by atoms with E-state index < -0.39 is 10.5 Å². The number of anilines is 1. The topological polar surface area (TPSA) is 142 Å². The predicted octanol–water partition coefficient (Wildman–Crippen LogP) is 2.92. The molecule has 0 amide bonds. The lowest BCUT2D eigenvalue weighted by atomic mass is 9.98. The molecule has 1 aromatic carbocycles. The van der Waals surface area contributed by atoms with E-state index in [9.17, 15) is 14.9 Å². The van der Waals surface area contributed by atoms with Gasteiger partial charge in [0.15, 0.2) is 5.65 Å². The Labute approximate surface area is 189 Å². The minimum Gasteiger partial charge on any atom is -0.459 e. The number of non-ortho nitro benzene ring substituents is 1. The fourth-order valence-corrected chi connectivity index (χ4v) is 4.87. The van der Waals surface area contributed by atoms with Crippen LogP contribution in [-0.2, 0) is 9.53 Å². The van der Waals surface area contributed by atoms with Crippen molar-refractivity contribution >= 4 is 28.5 Å². The molecule has 4 heterocycles. The molecule has 0 saturated carbocycles. The summed E-state index contributed by atoms with van der Waals surface area (Å²) in [5.74, 6) is 0.408. The Bertz CT molecular complexity index is 1250. The number of aromatic nitrogens is 4. The first-order chi connectivity index (χ1) is 15.6. The number of piperidine rings is 1. The average molecular weight is 451 g/mol. The Morgan fingerprint density at radius 2 is 1.94 bits per heavy atom. The zero-order valence-corrected chi connectivity index (χ0v) is 18.6. The SMILES string of the molecule is CC(C)(C)OC(=O)C1CC2CC(n3nc(-c4ccc([N+](=O)[O-])cc4)c4c(N)ncnc43)N1C2. The number of ether oxygens (including phenoxy) is 1. The van der Waals surface area contributed by atoms with Crippen LogP contribution >= 0.6 is 0 Å². The van der Waals surface area contributed by atoms with Crippen LogP contribution in [0.2, 0.25) is 0 Å². The number of hydrogen-bond donors (Lipinski definition) is 1. The molecule has 0 radical (unpaired) electrons. The largest absolute Gasteiger partial charge is 0.459 e. The van der Waals surface area contributed by atoms with Crippen molar-refractivity contribution in [1.29, 1.82) is 0 Å². The number of carbonyl (C=O) groups excluding carboxylic acids is 1. The third-order valence-corrected chi connectivity index (χ3v) is 6.18. The van der Waals surface area contributed by atoms with Crippen LogP contribution in [-0.4, -0.2) is 53.7 Å². The molecule has 2 N–H and O–H groups in total. The summed E-state index contributed by atoms with van der Waals surface area (Å²) in [6.45, 7) is 6.37. The maximum atomic E-state index is 12.9. The summed E-state index contributed by atoms with van der Waals surface area (Å²) in [7, 11) is 0. The Morgan fingerprint density at radius 1 is 1.21 bits per heavy atom. The molecular weight excluding hydrogens is 426 g/mol. The van der Waals surface area contributed by atoms with Gasteiger partial charge in [0.05, 0.1) is 10.3 Å².